The van der Waals surface area contributed by atoms with Crippen LogP contribution in [0.25, 0.3) is 0 Å². The van der Waals surface area contributed by atoms with Crippen molar-refractivity contribution in [2.45, 2.75) is 38.1 Å². The van der Waals surface area contributed by atoms with Gasteiger partial charge < -0.3 is 0 Å². The molecule has 0 saturated carbocycles. The van der Waals surface area contributed by atoms with E-state index in [-0.39, 0.29) is 6.04 Å². The molecule has 0 saturated heterocycles. The summed E-state index contributed by atoms with van der Waals surface area (Å²) in [5, 5.41) is 0. The summed E-state index contributed by atoms with van der Waals surface area (Å²) in [4.78, 5) is 0.313. The lowest BCUT2D eigenvalue weighted by atomic mass is 10.2. The second-order valence-corrected chi connectivity index (χ2v) is 6.41. The van der Waals surface area contributed by atoms with Crippen LogP contribution in [0.5, 0.6) is 0 Å². The first-order valence-corrected chi connectivity index (χ1v) is 7.43. The molecule has 0 unspecified atom stereocenters. The van der Waals surface area contributed by atoms with Crippen molar-refractivity contribution in [2.75, 3.05) is 0 Å². The molecule has 0 fully saturated rings. The van der Waals surface area contributed by atoms with Gasteiger partial charge in [-0.25, -0.2) is 13.1 Å². The first-order valence-electron chi connectivity index (χ1n) is 5.15. The van der Waals surface area contributed by atoms with E-state index in [9.17, 15) is 8.42 Å². The molecule has 0 heterocycles. The molecule has 0 spiro atoms. The molecule has 16 heavy (non-hydrogen) atoms. The minimum absolute atomic E-state index is 0.0473. The van der Waals surface area contributed by atoms with Crippen LogP contribution in [-0.4, -0.2) is 14.5 Å². The molecular weight excluding hydrogens is 290 g/mol. The van der Waals surface area contributed by atoms with Crippen molar-refractivity contribution in [3.8, 4) is 0 Å². The maximum atomic E-state index is 11.9. The van der Waals surface area contributed by atoms with E-state index < -0.39 is 10.0 Å². The molecule has 1 N–H and O–H groups in total. The number of aryl methyl sites for hydroxylation is 1. The highest BCUT2D eigenvalue weighted by atomic mass is 79.9. The van der Waals surface area contributed by atoms with Crippen molar-refractivity contribution >= 4 is 26.0 Å². The average molecular weight is 306 g/mol. The maximum absolute atomic E-state index is 11.9. The van der Waals surface area contributed by atoms with Crippen LogP contribution in [0.3, 0.4) is 0 Å². The Bertz CT molecular complexity index is 471. The summed E-state index contributed by atoms with van der Waals surface area (Å²) >= 11 is 3.35. The van der Waals surface area contributed by atoms with Crippen molar-refractivity contribution < 1.29 is 8.42 Å². The van der Waals surface area contributed by atoms with E-state index in [2.05, 4.69) is 20.7 Å². The van der Waals surface area contributed by atoms with Gasteiger partial charge in [-0.2, -0.15) is 0 Å². The zero-order valence-corrected chi connectivity index (χ0v) is 12.0. The molecule has 1 aromatic carbocycles. The van der Waals surface area contributed by atoms with Crippen LogP contribution >= 0.6 is 15.9 Å². The number of nitrogens with one attached hydrogen (secondary N) is 1. The Morgan fingerprint density at radius 2 is 2.06 bits per heavy atom. The number of halogens is 1. The van der Waals surface area contributed by atoms with Crippen molar-refractivity contribution in [1.82, 2.24) is 4.72 Å². The largest absolute Gasteiger partial charge is 0.240 e. The Morgan fingerprint density at radius 1 is 1.44 bits per heavy atom. The van der Waals surface area contributed by atoms with E-state index in [4.69, 9.17) is 0 Å². The van der Waals surface area contributed by atoms with Gasteiger partial charge in [0.2, 0.25) is 10.0 Å². The molecule has 0 aromatic heterocycles. The normalized spacial score (nSPS) is 13.8. The summed E-state index contributed by atoms with van der Waals surface area (Å²) in [6, 6.07) is 4.96. The van der Waals surface area contributed by atoms with E-state index in [0.29, 0.717) is 4.90 Å². The minimum atomic E-state index is -3.38. The predicted molar refractivity (Wildman–Crippen MR) is 69.0 cm³/mol. The van der Waals surface area contributed by atoms with Gasteiger partial charge in [0.05, 0.1) is 4.90 Å². The Morgan fingerprint density at radius 3 is 2.56 bits per heavy atom. The predicted octanol–water partition coefficient (Wildman–Crippen LogP) is 2.83. The Balaban J connectivity index is 3.03. The average Bonchev–Trinajstić information content (AvgIpc) is 2.21. The molecule has 3 nitrogen and oxygen atoms in total. The fourth-order valence-electron chi connectivity index (χ4n) is 1.20. The fourth-order valence-corrected chi connectivity index (χ4v) is 2.86. The first-order chi connectivity index (χ1) is 7.36. The van der Waals surface area contributed by atoms with E-state index in [1.165, 1.54) is 0 Å². The van der Waals surface area contributed by atoms with Crippen molar-refractivity contribution in [2.24, 2.45) is 0 Å². The van der Waals surface area contributed by atoms with Gasteiger partial charge in [0.15, 0.2) is 0 Å². The number of sulfonamides is 1. The highest BCUT2D eigenvalue weighted by Gasteiger charge is 2.16. The third-order valence-corrected chi connectivity index (χ3v) is 4.89. The van der Waals surface area contributed by atoms with E-state index in [1.54, 1.807) is 18.2 Å². The van der Waals surface area contributed by atoms with Gasteiger partial charge in [-0.1, -0.05) is 22.9 Å². The number of benzene rings is 1. The first kappa shape index (κ1) is 13.7. The summed E-state index contributed by atoms with van der Waals surface area (Å²) in [5.74, 6) is 0. The second kappa shape index (κ2) is 5.29. The van der Waals surface area contributed by atoms with Gasteiger partial charge in [0.1, 0.15) is 0 Å². The quantitative estimate of drug-likeness (QED) is 0.930. The topological polar surface area (TPSA) is 46.2 Å². The summed E-state index contributed by atoms with van der Waals surface area (Å²) in [6.45, 7) is 5.66. The number of rotatable bonds is 4. The highest BCUT2D eigenvalue weighted by Crippen LogP contribution is 2.20. The van der Waals surface area contributed by atoms with E-state index in [0.717, 1.165) is 16.5 Å². The summed E-state index contributed by atoms with van der Waals surface area (Å²) in [7, 11) is -3.38. The van der Waals surface area contributed by atoms with E-state index in [1.807, 2.05) is 20.8 Å². The Labute approximate surface area is 105 Å². The standard InChI is InChI=1S/C11H16BrNO2S/c1-4-9(3)13-16(14,15)10-5-6-11(12)8(2)7-10/h5-7,9,13H,4H2,1-3H3/t9-/m0/s1. The summed E-state index contributed by atoms with van der Waals surface area (Å²) in [6.07, 6.45) is 0.773. The van der Waals surface area contributed by atoms with Crippen molar-refractivity contribution in [1.29, 1.82) is 0 Å². The van der Waals surface area contributed by atoms with Crippen LogP contribution in [0.15, 0.2) is 27.6 Å². The highest BCUT2D eigenvalue weighted by molar-refractivity contribution is 9.10. The van der Waals surface area contributed by atoms with Gasteiger partial charge in [0, 0.05) is 10.5 Å². The molecule has 0 aliphatic heterocycles. The third-order valence-electron chi connectivity index (χ3n) is 2.41. The molecule has 0 aliphatic carbocycles. The van der Waals surface area contributed by atoms with Crippen LogP contribution in [0.4, 0.5) is 0 Å². The van der Waals surface area contributed by atoms with Crippen LogP contribution < -0.4 is 4.72 Å². The number of hydrogen-bond acceptors (Lipinski definition) is 2. The molecule has 1 rings (SSSR count). The zero-order chi connectivity index (χ0) is 12.3. The van der Waals surface area contributed by atoms with Gasteiger partial charge in [-0.05, 0) is 44.0 Å². The van der Waals surface area contributed by atoms with Crippen LogP contribution in [0.1, 0.15) is 25.8 Å². The molecule has 0 amide bonds. The molecule has 5 heteroatoms. The van der Waals surface area contributed by atoms with Crippen molar-refractivity contribution in [3.63, 3.8) is 0 Å². The molecular formula is C11H16BrNO2S. The van der Waals surface area contributed by atoms with Crippen LogP contribution in [-0.2, 0) is 10.0 Å². The molecule has 1 atom stereocenters. The van der Waals surface area contributed by atoms with Crippen LogP contribution in [0.2, 0.25) is 0 Å². The van der Waals surface area contributed by atoms with Crippen LogP contribution in [0, 0.1) is 6.92 Å². The monoisotopic (exact) mass is 305 g/mol. The fraction of sp³-hybridized carbons (Fsp3) is 0.455. The van der Waals surface area contributed by atoms with E-state index >= 15 is 0 Å². The lowest BCUT2D eigenvalue weighted by Gasteiger charge is -2.12. The smallest absolute Gasteiger partial charge is 0.208 e. The van der Waals surface area contributed by atoms with Gasteiger partial charge >= 0.3 is 0 Å². The third kappa shape index (κ3) is 3.30. The molecule has 0 radical (unpaired) electrons. The molecule has 90 valence electrons. The second-order valence-electron chi connectivity index (χ2n) is 3.84. The van der Waals surface area contributed by atoms with Crippen molar-refractivity contribution in [3.05, 3.63) is 28.2 Å². The Kier molecular flexibility index (Phi) is 4.52. The molecule has 1 aromatic rings. The zero-order valence-electron chi connectivity index (χ0n) is 9.62. The van der Waals surface area contributed by atoms with Gasteiger partial charge in [-0.3, -0.25) is 0 Å². The summed E-state index contributed by atoms with van der Waals surface area (Å²) in [5.41, 5.74) is 0.909. The Hall–Kier alpha value is -0.390. The lowest BCUT2D eigenvalue weighted by Crippen LogP contribution is -2.32. The lowest BCUT2D eigenvalue weighted by molar-refractivity contribution is 0.556. The minimum Gasteiger partial charge on any atom is -0.208 e. The van der Waals surface area contributed by atoms with Gasteiger partial charge in [-0.15, -0.1) is 0 Å². The number of hydrogen-bond donors (Lipinski definition) is 1. The molecule has 0 aliphatic rings. The maximum Gasteiger partial charge on any atom is 0.240 e. The SMILES string of the molecule is CC[C@H](C)NS(=O)(=O)c1ccc(Br)c(C)c1. The summed E-state index contributed by atoms with van der Waals surface area (Å²) < 4.78 is 27.4. The molecule has 0 bridgehead atoms. The van der Waals surface area contributed by atoms with Gasteiger partial charge in [0.25, 0.3) is 0 Å².